The predicted octanol–water partition coefficient (Wildman–Crippen LogP) is 2.64. The Morgan fingerprint density at radius 1 is 1.36 bits per heavy atom. The molecule has 1 N–H and O–H groups in total. The van der Waals surface area contributed by atoms with Crippen molar-refractivity contribution >= 4 is 16.8 Å². The lowest BCUT2D eigenvalue weighted by Crippen LogP contribution is -2.39. The maximum Gasteiger partial charge on any atom is 0.222 e. The van der Waals surface area contributed by atoms with Crippen molar-refractivity contribution in [2.24, 2.45) is 7.05 Å². The average molecular weight is 337 g/mol. The lowest BCUT2D eigenvalue weighted by molar-refractivity contribution is -0.132. The Morgan fingerprint density at radius 2 is 2.24 bits per heavy atom. The number of hydrogen-bond donors (Lipinski definition) is 1. The number of amides is 1. The normalized spacial score (nSPS) is 18.0. The van der Waals surface area contributed by atoms with Crippen LogP contribution in [0.4, 0.5) is 0 Å². The van der Waals surface area contributed by atoms with Crippen LogP contribution in [0.2, 0.25) is 0 Å². The SMILES string of the molecule is Cn1cnnc1C1CCCN(C(=O)CCc2c[nH]c3ccccc23)C1. The summed E-state index contributed by atoms with van der Waals surface area (Å²) >= 11 is 0. The summed E-state index contributed by atoms with van der Waals surface area (Å²) in [7, 11) is 1.97. The summed E-state index contributed by atoms with van der Waals surface area (Å²) in [5.41, 5.74) is 2.34. The number of nitrogens with zero attached hydrogens (tertiary/aromatic N) is 4. The summed E-state index contributed by atoms with van der Waals surface area (Å²) in [5, 5.41) is 9.41. The van der Waals surface area contributed by atoms with E-state index in [0.29, 0.717) is 12.3 Å². The predicted molar refractivity (Wildman–Crippen MR) is 96.2 cm³/mol. The van der Waals surface area contributed by atoms with Crippen molar-refractivity contribution in [3.8, 4) is 0 Å². The first kappa shape index (κ1) is 15.9. The molecule has 1 aromatic carbocycles. The van der Waals surface area contributed by atoms with Gasteiger partial charge in [-0.05, 0) is 30.9 Å². The van der Waals surface area contributed by atoms with Crippen LogP contribution in [0.5, 0.6) is 0 Å². The van der Waals surface area contributed by atoms with Gasteiger partial charge in [0.25, 0.3) is 0 Å². The number of benzene rings is 1. The third kappa shape index (κ3) is 3.16. The highest BCUT2D eigenvalue weighted by atomic mass is 16.2. The number of piperidine rings is 1. The minimum atomic E-state index is 0.233. The van der Waals surface area contributed by atoms with Crippen molar-refractivity contribution in [3.05, 3.63) is 48.2 Å². The fourth-order valence-corrected chi connectivity index (χ4v) is 3.81. The first-order valence-corrected chi connectivity index (χ1v) is 8.89. The molecule has 1 saturated heterocycles. The van der Waals surface area contributed by atoms with E-state index in [4.69, 9.17) is 0 Å². The summed E-state index contributed by atoms with van der Waals surface area (Å²) in [5.74, 6) is 1.50. The van der Waals surface area contributed by atoms with Crippen molar-refractivity contribution < 1.29 is 4.79 Å². The molecule has 0 bridgehead atoms. The smallest absolute Gasteiger partial charge is 0.222 e. The fourth-order valence-electron chi connectivity index (χ4n) is 3.81. The van der Waals surface area contributed by atoms with Crippen LogP contribution < -0.4 is 0 Å². The number of para-hydroxylation sites is 1. The maximum absolute atomic E-state index is 12.7. The number of likely N-dealkylation sites (tertiary alicyclic amines) is 1. The van der Waals surface area contributed by atoms with E-state index in [1.54, 1.807) is 6.33 Å². The number of aryl methyl sites for hydroxylation is 2. The first-order valence-electron chi connectivity index (χ1n) is 8.89. The monoisotopic (exact) mass is 337 g/mol. The van der Waals surface area contributed by atoms with E-state index in [1.807, 2.05) is 34.8 Å². The van der Waals surface area contributed by atoms with Crippen LogP contribution in [0.1, 0.15) is 36.6 Å². The standard InChI is InChI=1S/C19H23N5O/c1-23-13-21-22-19(23)15-5-4-10-24(12-15)18(25)9-8-14-11-20-17-7-3-2-6-16(14)17/h2-3,6-7,11,13,15,20H,4-5,8-10,12H2,1H3. The summed E-state index contributed by atoms with van der Waals surface area (Å²) in [6.45, 7) is 1.60. The van der Waals surface area contributed by atoms with E-state index >= 15 is 0 Å². The largest absolute Gasteiger partial charge is 0.361 e. The van der Waals surface area contributed by atoms with Crippen LogP contribution in [0, 0.1) is 0 Å². The van der Waals surface area contributed by atoms with Gasteiger partial charge in [-0.2, -0.15) is 0 Å². The highest BCUT2D eigenvalue weighted by molar-refractivity contribution is 5.84. The molecule has 130 valence electrons. The molecule has 4 rings (SSSR count). The Hall–Kier alpha value is -2.63. The zero-order valence-corrected chi connectivity index (χ0v) is 14.5. The van der Waals surface area contributed by atoms with E-state index in [2.05, 4.69) is 27.3 Å². The summed E-state index contributed by atoms with van der Waals surface area (Å²) in [6.07, 6.45) is 7.17. The Morgan fingerprint density at radius 3 is 3.08 bits per heavy atom. The number of aromatic amines is 1. The summed E-state index contributed by atoms with van der Waals surface area (Å²) in [4.78, 5) is 18.0. The Bertz CT molecular complexity index is 881. The van der Waals surface area contributed by atoms with Crippen molar-refractivity contribution in [3.63, 3.8) is 0 Å². The Labute approximate surface area is 146 Å². The van der Waals surface area contributed by atoms with Gasteiger partial charge in [-0.3, -0.25) is 4.79 Å². The molecule has 6 heteroatoms. The lowest BCUT2D eigenvalue weighted by atomic mass is 9.96. The van der Waals surface area contributed by atoms with Crippen molar-refractivity contribution in [2.45, 2.75) is 31.6 Å². The van der Waals surface area contributed by atoms with Crippen molar-refractivity contribution in [1.82, 2.24) is 24.6 Å². The molecule has 3 heterocycles. The van der Waals surface area contributed by atoms with Crippen LogP contribution in [0.3, 0.4) is 0 Å². The zero-order chi connectivity index (χ0) is 17.2. The maximum atomic E-state index is 12.7. The van der Waals surface area contributed by atoms with E-state index < -0.39 is 0 Å². The number of rotatable bonds is 4. The second kappa shape index (κ2) is 6.70. The molecule has 1 atom stereocenters. The molecule has 6 nitrogen and oxygen atoms in total. The van der Waals surface area contributed by atoms with Crippen LogP contribution in [0.25, 0.3) is 10.9 Å². The minimum Gasteiger partial charge on any atom is -0.361 e. The lowest BCUT2D eigenvalue weighted by Gasteiger charge is -2.32. The molecule has 0 saturated carbocycles. The molecular weight excluding hydrogens is 314 g/mol. The average Bonchev–Trinajstić information content (AvgIpc) is 3.26. The number of carbonyl (C=O) groups is 1. The Balaban J connectivity index is 1.40. The second-order valence-corrected chi connectivity index (χ2v) is 6.84. The Kier molecular flexibility index (Phi) is 4.26. The van der Waals surface area contributed by atoms with Gasteiger partial charge < -0.3 is 14.5 Å². The van der Waals surface area contributed by atoms with Gasteiger partial charge in [0.1, 0.15) is 12.2 Å². The summed E-state index contributed by atoms with van der Waals surface area (Å²) < 4.78 is 1.96. The number of fused-ring (bicyclic) bond motifs is 1. The molecule has 2 aromatic heterocycles. The van der Waals surface area contributed by atoms with Crippen LogP contribution in [0.15, 0.2) is 36.8 Å². The van der Waals surface area contributed by atoms with Gasteiger partial charge in [-0.25, -0.2) is 0 Å². The third-order valence-electron chi connectivity index (χ3n) is 5.17. The molecule has 0 radical (unpaired) electrons. The first-order chi connectivity index (χ1) is 12.2. The molecule has 25 heavy (non-hydrogen) atoms. The third-order valence-corrected chi connectivity index (χ3v) is 5.17. The van der Waals surface area contributed by atoms with Gasteiger partial charge >= 0.3 is 0 Å². The molecule has 1 unspecified atom stereocenters. The van der Waals surface area contributed by atoms with Crippen LogP contribution in [-0.2, 0) is 18.3 Å². The highest BCUT2D eigenvalue weighted by Gasteiger charge is 2.27. The molecule has 1 aliphatic heterocycles. The van der Waals surface area contributed by atoms with Crippen molar-refractivity contribution in [1.29, 1.82) is 0 Å². The second-order valence-electron chi connectivity index (χ2n) is 6.84. The van der Waals surface area contributed by atoms with Crippen LogP contribution in [-0.4, -0.2) is 43.6 Å². The number of H-pyrrole nitrogens is 1. The van der Waals surface area contributed by atoms with Gasteiger partial charge in [0.05, 0.1) is 0 Å². The topological polar surface area (TPSA) is 66.8 Å². The molecule has 0 spiro atoms. The number of nitrogens with one attached hydrogen (secondary N) is 1. The van der Waals surface area contributed by atoms with Gasteiger partial charge in [-0.1, -0.05) is 18.2 Å². The van der Waals surface area contributed by atoms with Crippen LogP contribution >= 0.6 is 0 Å². The van der Waals surface area contributed by atoms with Gasteiger partial charge in [0.15, 0.2) is 0 Å². The molecule has 1 fully saturated rings. The van der Waals surface area contributed by atoms with Gasteiger partial charge in [0.2, 0.25) is 5.91 Å². The zero-order valence-electron chi connectivity index (χ0n) is 14.5. The molecule has 3 aromatic rings. The number of hydrogen-bond acceptors (Lipinski definition) is 3. The molecule has 0 aliphatic carbocycles. The van der Waals surface area contributed by atoms with E-state index in [-0.39, 0.29) is 5.91 Å². The number of aromatic nitrogens is 4. The van der Waals surface area contributed by atoms with E-state index in [0.717, 1.165) is 43.7 Å². The quantitative estimate of drug-likeness (QED) is 0.796. The van der Waals surface area contributed by atoms with E-state index in [9.17, 15) is 4.79 Å². The van der Waals surface area contributed by atoms with E-state index in [1.165, 1.54) is 10.9 Å². The molecule has 1 aliphatic rings. The molecule has 1 amide bonds. The van der Waals surface area contributed by atoms with Gasteiger partial charge in [0, 0.05) is 49.6 Å². The molecular formula is C19H23N5O. The number of carbonyl (C=O) groups excluding carboxylic acids is 1. The summed E-state index contributed by atoms with van der Waals surface area (Å²) in [6, 6.07) is 8.24. The highest BCUT2D eigenvalue weighted by Crippen LogP contribution is 2.26. The van der Waals surface area contributed by atoms with Crippen molar-refractivity contribution in [2.75, 3.05) is 13.1 Å². The minimum absolute atomic E-state index is 0.233. The van der Waals surface area contributed by atoms with Gasteiger partial charge in [-0.15, -0.1) is 10.2 Å². The fraction of sp³-hybridized carbons (Fsp3) is 0.421.